The zero-order valence-corrected chi connectivity index (χ0v) is 7.32. The Labute approximate surface area is 72.6 Å². The highest BCUT2D eigenvalue weighted by Crippen LogP contribution is 2.48. The minimum atomic E-state index is 0.197. The van der Waals surface area contributed by atoms with Gasteiger partial charge in [0.25, 0.3) is 0 Å². The summed E-state index contributed by atoms with van der Waals surface area (Å²) in [5.74, 6) is 1.73. The first kappa shape index (κ1) is 7.99. The van der Waals surface area contributed by atoms with Gasteiger partial charge < -0.3 is 4.74 Å². The van der Waals surface area contributed by atoms with E-state index < -0.39 is 0 Å². The van der Waals surface area contributed by atoms with Crippen LogP contribution in [0.3, 0.4) is 0 Å². The molecule has 2 heteroatoms. The first-order chi connectivity index (χ1) is 5.81. The molecule has 0 aromatic carbocycles. The van der Waals surface area contributed by atoms with E-state index in [1.54, 1.807) is 6.08 Å². The van der Waals surface area contributed by atoms with Crippen molar-refractivity contribution in [2.24, 2.45) is 11.8 Å². The minimum Gasteiger partial charge on any atom is -0.374 e. The fourth-order valence-corrected chi connectivity index (χ4v) is 1.74. The molecular formula is C10H14O2. The van der Waals surface area contributed by atoms with Crippen LogP contribution in [0.4, 0.5) is 0 Å². The van der Waals surface area contributed by atoms with Crippen LogP contribution in [-0.4, -0.2) is 18.5 Å². The van der Waals surface area contributed by atoms with Crippen molar-refractivity contribution in [1.29, 1.82) is 0 Å². The lowest BCUT2D eigenvalue weighted by Gasteiger charge is -2.04. The summed E-state index contributed by atoms with van der Waals surface area (Å²) in [6, 6.07) is 0. The minimum absolute atomic E-state index is 0.197. The quantitative estimate of drug-likeness (QED) is 0.595. The number of ketones is 1. The maximum absolute atomic E-state index is 10.9. The highest BCUT2D eigenvalue weighted by molar-refractivity contribution is 5.89. The largest absolute Gasteiger partial charge is 0.374 e. The molecule has 1 aliphatic heterocycles. The van der Waals surface area contributed by atoms with Crippen LogP contribution in [0, 0.1) is 11.8 Å². The van der Waals surface area contributed by atoms with Gasteiger partial charge in [-0.05, 0) is 24.3 Å². The van der Waals surface area contributed by atoms with Gasteiger partial charge in [0.15, 0.2) is 5.78 Å². The lowest BCUT2D eigenvalue weighted by molar-refractivity contribution is -0.114. The van der Waals surface area contributed by atoms with Gasteiger partial charge in [0, 0.05) is 6.42 Å². The average molecular weight is 166 g/mol. The Hall–Kier alpha value is -0.630. The number of allylic oxidation sites excluding steroid dienone is 1. The van der Waals surface area contributed by atoms with Crippen molar-refractivity contribution in [3.8, 4) is 0 Å². The molecule has 1 saturated carbocycles. The van der Waals surface area contributed by atoms with Crippen molar-refractivity contribution in [2.75, 3.05) is 6.61 Å². The van der Waals surface area contributed by atoms with E-state index in [9.17, 15) is 4.79 Å². The summed E-state index contributed by atoms with van der Waals surface area (Å²) in [5, 5.41) is 0. The normalized spacial score (nSPS) is 38.6. The van der Waals surface area contributed by atoms with Gasteiger partial charge >= 0.3 is 0 Å². The smallest absolute Gasteiger partial charge is 0.155 e. The third-order valence-corrected chi connectivity index (χ3v) is 2.72. The predicted octanol–water partition coefficient (Wildman–Crippen LogP) is 1.56. The van der Waals surface area contributed by atoms with Crippen molar-refractivity contribution in [1.82, 2.24) is 0 Å². The van der Waals surface area contributed by atoms with Crippen LogP contribution >= 0.6 is 0 Å². The molecule has 1 saturated heterocycles. The van der Waals surface area contributed by atoms with Gasteiger partial charge in [-0.15, -0.1) is 0 Å². The number of hydrogen-bond acceptors (Lipinski definition) is 2. The Morgan fingerprint density at radius 2 is 2.50 bits per heavy atom. The number of carbonyl (C=O) groups is 1. The van der Waals surface area contributed by atoms with Crippen LogP contribution in [0.5, 0.6) is 0 Å². The Bertz CT molecular complexity index is 220. The summed E-state index contributed by atoms with van der Waals surface area (Å²) < 4.78 is 5.47. The van der Waals surface area contributed by atoms with Gasteiger partial charge in [-0.25, -0.2) is 0 Å². The van der Waals surface area contributed by atoms with E-state index in [1.807, 2.05) is 13.0 Å². The molecule has 0 aromatic heterocycles. The summed E-state index contributed by atoms with van der Waals surface area (Å²) in [6.45, 7) is 2.78. The molecule has 0 aromatic rings. The van der Waals surface area contributed by atoms with Crippen molar-refractivity contribution in [3.05, 3.63) is 12.2 Å². The third-order valence-electron chi connectivity index (χ3n) is 2.72. The first-order valence-corrected chi connectivity index (χ1v) is 4.64. The summed E-state index contributed by atoms with van der Waals surface area (Å²) >= 11 is 0. The number of hydrogen-bond donors (Lipinski definition) is 0. The lowest BCUT2D eigenvalue weighted by atomic mass is 10.2. The molecule has 1 heterocycles. The van der Waals surface area contributed by atoms with Crippen molar-refractivity contribution in [3.63, 3.8) is 0 Å². The molecule has 0 spiro atoms. The maximum atomic E-state index is 10.9. The molecular weight excluding hydrogens is 152 g/mol. The van der Waals surface area contributed by atoms with Crippen molar-refractivity contribution < 1.29 is 9.53 Å². The molecule has 0 N–H and O–H groups in total. The van der Waals surface area contributed by atoms with Crippen LogP contribution in [-0.2, 0) is 9.53 Å². The predicted molar refractivity (Wildman–Crippen MR) is 45.8 cm³/mol. The number of fused-ring (bicyclic) bond motifs is 1. The number of carbonyl (C=O) groups excluding carboxylic acids is 1. The number of rotatable bonds is 3. The zero-order valence-electron chi connectivity index (χ0n) is 7.32. The van der Waals surface area contributed by atoms with Gasteiger partial charge in [0.2, 0.25) is 0 Å². The SMILES string of the molecule is CCC(=O)/C=C/C1OCC2CC21. The van der Waals surface area contributed by atoms with Gasteiger partial charge in [0.05, 0.1) is 12.7 Å². The molecule has 3 atom stereocenters. The highest BCUT2D eigenvalue weighted by Gasteiger charge is 2.48. The van der Waals surface area contributed by atoms with Crippen LogP contribution in [0.2, 0.25) is 0 Å². The monoisotopic (exact) mass is 166 g/mol. The standard InChI is InChI=1S/C10H14O2/c1-2-8(11)3-4-10-9-5-7(9)6-12-10/h3-4,7,9-10H,2,5-6H2,1H3/b4-3+. The van der Waals surface area contributed by atoms with Gasteiger partial charge in [-0.1, -0.05) is 13.0 Å². The highest BCUT2D eigenvalue weighted by atomic mass is 16.5. The molecule has 2 rings (SSSR count). The van der Waals surface area contributed by atoms with Crippen LogP contribution < -0.4 is 0 Å². The van der Waals surface area contributed by atoms with Crippen molar-refractivity contribution in [2.45, 2.75) is 25.9 Å². The Balaban J connectivity index is 1.86. The topological polar surface area (TPSA) is 26.3 Å². The second kappa shape index (κ2) is 3.02. The lowest BCUT2D eigenvalue weighted by Crippen LogP contribution is -2.07. The number of ether oxygens (including phenoxy) is 1. The fourth-order valence-electron chi connectivity index (χ4n) is 1.74. The van der Waals surface area contributed by atoms with Crippen LogP contribution in [0.15, 0.2) is 12.2 Å². The van der Waals surface area contributed by atoms with E-state index in [0.29, 0.717) is 6.42 Å². The Morgan fingerprint density at radius 3 is 3.00 bits per heavy atom. The third kappa shape index (κ3) is 1.44. The molecule has 0 bridgehead atoms. The molecule has 0 radical (unpaired) electrons. The van der Waals surface area contributed by atoms with E-state index in [2.05, 4.69) is 0 Å². The van der Waals surface area contributed by atoms with Gasteiger partial charge in [-0.2, -0.15) is 0 Å². The molecule has 1 aliphatic carbocycles. The van der Waals surface area contributed by atoms with Gasteiger partial charge in [-0.3, -0.25) is 4.79 Å². The summed E-state index contributed by atoms with van der Waals surface area (Å²) in [5.41, 5.74) is 0. The van der Waals surface area contributed by atoms with Crippen LogP contribution in [0.1, 0.15) is 19.8 Å². The Morgan fingerprint density at radius 1 is 1.67 bits per heavy atom. The Kier molecular flexibility index (Phi) is 2.01. The van der Waals surface area contributed by atoms with Crippen molar-refractivity contribution >= 4 is 5.78 Å². The van der Waals surface area contributed by atoms with Crippen LogP contribution in [0.25, 0.3) is 0 Å². The fraction of sp³-hybridized carbons (Fsp3) is 0.700. The molecule has 66 valence electrons. The van der Waals surface area contributed by atoms with Gasteiger partial charge in [0.1, 0.15) is 0 Å². The second-order valence-corrected chi connectivity index (χ2v) is 3.64. The molecule has 2 aliphatic rings. The molecule has 2 nitrogen and oxygen atoms in total. The molecule has 3 unspecified atom stereocenters. The first-order valence-electron chi connectivity index (χ1n) is 4.64. The summed E-state index contributed by atoms with van der Waals surface area (Å²) in [7, 11) is 0. The van der Waals surface area contributed by atoms with E-state index in [-0.39, 0.29) is 11.9 Å². The second-order valence-electron chi connectivity index (χ2n) is 3.64. The van der Waals surface area contributed by atoms with E-state index in [0.717, 1.165) is 18.4 Å². The maximum Gasteiger partial charge on any atom is 0.155 e. The molecule has 12 heavy (non-hydrogen) atoms. The van der Waals surface area contributed by atoms with E-state index in [4.69, 9.17) is 4.74 Å². The summed E-state index contributed by atoms with van der Waals surface area (Å²) in [6.07, 6.45) is 5.74. The van der Waals surface area contributed by atoms with E-state index >= 15 is 0 Å². The summed E-state index contributed by atoms with van der Waals surface area (Å²) in [4.78, 5) is 10.9. The molecule has 0 amide bonds. The molecule has 2 fully saturated rings. The zero-order chi connectivity index (χ0) is 8.55. The van der Waals surface area contributed by atoms with E-state index in [1.165, 1.54) is 6.42 Å². The average Bonchev–Trinajstić information content (AvgIpc) is 2.77.